The standard InChI is InChI=1S/C24H24FNO3/c1-2-13-26-21(16-9-11-19(25)12-10-16)20(23(28)24(26)29)22(27)18-8-7-15-5-3-4-6-17(15)14-18/h7-12,14,21,27H,2-6,13H2,1H3/b22-20-. The smallest absolute Gasteiger partial charge is 0.295 e. The summed E-state index contributed by atoms with van der Waals surface area (Å²) in [5.41, 5.74) is 3.69. The molecule has 1 amide bonds. The van der Waals surface area contributed by atoms with Crippen LogP contribution in [0, 0.1) is 5.82 Å². The third kappa shape index (κ3) is 3.46. The Hall–Kier alpha value is -2.95. The maximum Gasteiger partial charge on any atom is 0.295 e. The van der Waals surface area contributed by atoms with Crippen molar-refractivity contribution < 1.29 is 19.1 Å². The fourth-order valence-corrected chi connectivity index (χ4v) is 4.38. The van der Waals surface area contributed by atoms with Crippen LogP contribution in [0.25, 0.3) is 5.76 Å². The number of aliphatic hydroxyl groups is 1. The first-order valence-corrected chi connectivity index (χ1v) is 10.2. The molecule has 0 bridgehead atoms. The van der Waals surface area contributed by atoms with Crippen LogP contribution in [0.15, 0.2) is 48.0 Å². The summed E-state index contributed by atoms with van der Waals surface area (Å²) in [4.78, 5) is 27.0. The SMILES string of the molecule is CCCN1C(=O)C(=O)/C(=C(\O)c2ccc3c(c2)CCCC3)C1c1ccc(F)cc1. The fraction of sp³-hybridized carbons (Fsp3) is 0.333. The van der Waals surface area contributed by atoms with E-state index in [1.54, 1.807) is 12.1 Å². The largest absolute Gasteiger partial charge is 0.507 e. The maximum absolute atomic E-state index is 13.4. The summed E-state index contributed by atoms with van der Waals surface area (Å²) in [6.45, 7) is 2.30. The van der Waals surface area contributed by atoms with Crippen LogP contribution in [-0.4, -0.2) is 28.2 Å². The second-order valence-corrected chi connectivity index (χ2v) is 7.73. The van der Waals surface area contributed by atoms with Crippen molar-refractivity contribution in [2.24, 2.45) is 0 Å². The van der Waals surface area contributed by atoms with E-state index in [0.717, 1.165) is 25.7 Å². The van der Waals surface area contributed by atoms with Gasteiger partial charge in [-0.2, -0.15) is 0 Å². The Kier molecular flexibility index (Phi) is 5.22. The molecule has 2 aliphatic rings. The maximum atomic E-state index is 13.4. The summed E-state index contributed by atoms with van der Waals surface area (Å²) >= 11 is 0. The van der Waals surface area contributed by atoms with Crippen LogP contribution in [0.3, 0.4) is 0 Å². The van der Waals surface area contributed by atoms with Gasteiger partial charge < -0.3 is 10.0 Å². The van der Waals surface area contributed by atoms with Gasteiger partial charge in [0.25, 0.3) is 11.7 Å². The van der Waals surface area contributed by atoms with Crippen molar-refractivity contribution in [3.63, 3.8) is 0 Å². The number of aryl methyl sites for hydroxylation is 2. The first kappa shape index (κ1) is 19.4. The Morgan fingerprint density at radius 3 is 2.45 bits per heavy atom. The molecule has 2 aromatic carbocycles. The van der Waals surface area contributed by atoms with Gasteiger partial charge in [-0.15, -0.1) is 0 Å². The van der Waals surface area contributed by atoms with Crippen LogP contribution >= 0.6 is 0 Å². The molecule has 0 aromatic heterocycles. The van der Waals surface area contributed by atoms with Crippen LogP contribution in [-0.2, 0) is 22.4 Å². The van der Waals surface area contributed by atoms with Gasteiger partial charge in [-0.3, -0.25) is 9.59 Å². The van der Waals surface area contributed by atoms with E-state index in [2.05, 4.69) is 0 Å². The molecule has 0 spiro atoms. The lowest BCUT2D eigenvalue weighted by molar-refractivity contribution is -0.139. The molecule has 1 N–H and O–H groups in total. The summed E-state index contributed by atoms with van der Waals surface area (Å²) < 4.78 is 13.4. The average Bonchev–Trinajstić information content (AvgIpc) is 2.99. The van der Waals surface area contributed by atoms with E-state index in [-0.39, 0.29) is 11.3 Å². The van der Waals surface area contributed by atoms with E-state index in [1.807, 2.05) is 25.1 Å². The van der Waals surface area contributed by atoms with Gasteiger partial charge in [-0.1, -0.05) is 31.2 Å². The van der Waals surface area contributed by atoms with E-state index in [1.165, 1.54) is 28.2 Å². The number of fused-ring (bicyclic) bond motifs is 1. The second-order valence-electron chi connectivity index (χ2n) is 7.73. The van der Waals surface area contributed by atoms with Crippen molar-refractivity contribution in [3.05, 3.63) is 76.1 Å². The first-order chi connectivity index (χ1) is 14.0. The summed E-state index contributed by atoms with van der Waals surface area (Å²) in [7, 11) is 0. The quantitative estimate of drug-likeness (QED) is 0.471. The summed E-state index contributed by atoms with van der Waals surface area (Å²) in [5.74, 6) is -1.87. The number of aliphatic hydroxyl groups excluding tert-OH is 1. The molecule has 1 atom stereocenters. The van der Waals surface area contributed by atoms with Crippen molar-refractivity contribution in [2.45, 2.75) is 45.1 Å². The van der Waals surface area contributed by atoms with Gasteiger partial charge in [-0.05, 0) is 67.0 Å². The number of ketones is 1. The van der Waals surface area contributed by atoms with Gasteiger partial charge in [0.1, 0.15) is 11.6 Å². The molecule has 150 valence electrons. The highest BCUT2D eigenvalue weighted by Gasteiger charge is 2.45. The Labute approximate surface area is 169 Å². The van der Waals surface area contributed by atoms with Gasteiger partial charge in [0, 0.05) is 12.1 Å². The van der Waals surface area contributed by atoms with Gasteiger partial charge >= 0.3 is 0 Å². The van der Waals surface area contributed by atoms with Gasteiger partial charge in [0.2, 0.25) is 0 Å². The molecule has 1 aliphatic carbocycles. The minimum atomic E-state index is -0.716. The predicted molar refractivity (Wildman–Crippen MR) is 109 cm³/mol. The summed E-state index contributed by atoms with van der Waals surface area (Å²) in [6.07, 6.45) is 4.90. The molecule has 0 saturated carbocycles. The molecule has 4 rings (SSSR count). The zero-order valence-corrected chi connectivity index (χ0v) is 16.5. The zero-order valence-electron chi connectivity index (χ0n) is 16.5. The number of Topliss-reactive ketones (excluding diaryl/α,β-unsaturated/α-hetero) is 1. The van der Waals surface area contributed by atoms with Crippen molar-refractivity contribution in [1.29, 1.82) is 0 Å². The topological polar surface area (TPSA) is 57.6 Å². The number of rotatable bonds is 4. The molecule has 4 nitrogen and oxygen atoms in total. The Bertz CT molecular complexity index is 994. The Morgan fingerprint density at radius 2 is 1.76 bits per heavy atom. The lowest BCUT2D eigenvalue weighted by Gasteiger charge is -2.25. The van der Waals surface area contributed by atoms with Crippen LogP contribution in [0.2, 0.25) is 0 Å². The third-order valence-electron chi connectivity index (χ3n) is 5.81. The van der Waals surface area contributed by atoms with Gasteiger partial charge in [0.15, 0.2) is 0 Å². The lowest BCUT2D eigenvalue weighted by atomic mass is 9.88. The molecule has 2 aromatic rings. The number of hydrogen-bond donors (Lipinski definition) is 1. The highest BCUT2D eigenvalue weighted by molar-refractivity contribution is 6.46. The number of benzene rings is 2. The number of halogens is 1. The molecule has 5 heteroatoms. The third-order valence-corrected chi connectivity index (χ3v) is 5.81. The Morgan fingerprint density at radius 1 is 1.07 bits per heavy atom. The lowest BCUT2D eigenvalue weighted by Crippen LogP contribution is -2.30. The van der Waals surface area contributed by atoms with E-state index in [9.17, 15) is 19.1 Å². The highest BCUT2D eigenvalue weighted by atomic mass is 19.1. The van der Waals surface area contributed by atoms with Crippen molar-refractivity contribution >= 4 is 17.4 Å². The number of likely N-dealkylation sites (tertiary alicyclic amines) is 1. The number of amides is 1. The molecule has 1 saturated heterocycles. The van der Waals surface area contributed by atoms with Crippen molar-refractivity contribution in [2.75, 3.05) is 6.54 Å². The van der Waals surface area contributed by atoms with Crippen LogP contribution < -0.4 is 0 Å². The second kappa shape index (κ2) is 7.82. The van der Waals surface area contributed by atoms with Crippen LogP contribution in [0.1, 0.15) is 54.5 Å². The zero-order chi connectivity index (χ0) is 20.5. The molecule has 1 aliphatic heterocycles. The van der Waals surface area contributed by atoms with Gasteiger partial charge in [0.05, 0.1) is 11.6 Å². The van der Waals surface area contributed by atoms with Crippen LogP contribution in [0.4, 0.5) is 4.39 Å². The van der Waals surface area contributed by atoms with E-state index in [0.29, 0.717) is 24.1 Å². The number of nitrogens with zero attached hydrogens (tertiary/aromatic N) is 1. The average molecular weight is 393 g/mol. The fourth-order valence-electron chi connectivity index (χ4n) is 4.38. The normalized spacial score (nSPS) is 20.8. The minimum absolute atomic E-state index is 0.0748. The van der Waals surface area contributed by atoms with Gasteiger partial charge in [-0.25, -0.2) is 4.39 Å². The first-order valence-electron chi connectivity index (χ1n) is 10.2. The van der Waals surface area contributed by atoms with E-state index >= 15 is 0 Å². The Balaban J connectivity index is 1.84. The van der Waals surface area contributed by atoms with Crippen molar-refractivity contribution in [1.82, 2.24) is 4.90 Å². The number of carbonyl (C=O) groups is 2. The number of hydrogen-bond acceptors (Lipinski definition) is 3. The number of carbonyl (C=O) groups excluding carboxylic acids is 2. The molecule has 1 heterocycles. The predicted octanol–water partition coefficient (Wildman–Crippen LogP) is 4.54. The molecular weight excluding hydrogens is 369 g/mol. The minimum Gasteiger partial charge on any atom is -0.507 e. The van der Waals surface area contributed by atoms with Crippen molar-refractivity contribution in [3.8, 4) is 0 Å². The molecule has 1 fully saturated rings. The highest BCUT2D eigenvalue weighted by Crippen LogP contribution is 2.40. The summed E-state index contributed by atoms with van der Waals surface area (Å²) in [5, 5.41) is 11.1. The summed E-state index contributed by atoms with van der Waals surface area (Å²) in [6, 6.07) is 10.8. The van der Waals surface area contributed by atoms with E-state index in [4.69, 9.17) is 0 Å². The molecule has 29 heavy (non-hydrogen) atoms. The molecule has 0 radical (unpaired) electrons. The van der Waals surface area contributed by atoms with Crippen LogP contribution in [0.5, 0.6) is 0 Å². The van der Waals surface area contributed by atoms with E-state index < -0.39 is 23.5 Å². The molecular formula is C24H24FNO3. The monoisotopic (exact) mass is 393 g/mol. The molecule has 1 unspecified atom stereocenters.